The van der Waals surface area contributed by atoms with E-state index in [2.05, 4.69) is 5.32 Å². The van der Waals surface area contributed by atoms with Crippen molar-refractivity contribution in [3.8, 4) is 11.5 Å². The third-order valence-electron chi connectivity index (χ3n) is 4.06. The van der Waals surface area contributed by atoms with Gasteiger partial charge in [0.2, 0.25) is 0 Å². The largest absolute Gasteiger partial charge is 0.458 e. The van der Waals surface area contributed by atoms with Gasteiger partial charge in [0.25, 0.3) is 5.91 Å². The molecule has 0 spiro atoms. The summed E-state index contributed by atoms with van der Waals surface area (Å²) in [6, 6.07) is 11.0. The van der Waals surface area contributed by atoms with E-state index in [-0.39, 0.29) is 17.1 Å². The number of carbonyl (C=O) groups excluding carboxylic acids is 2. The van der Waals surface area contributed by atoms with Crippen molar-refractivity contribution in [1.29, 1.82) is 0 Å². The molecule has 2 aliphatic rings. The Morgan fingerprint density at radius 2 is 1.92 bits per heavy atom. The van der Waals surface area contributed by atoms with Crippen LogP contribution in [0.25, 0.3) is 0 Å². The Kier molecular flexibility index (Phi) is 4.29. The van der Waals surface area contributed by atoms with Crippen LogP contribution in [-0.2, 0) is 27.3 Å². The maximum absolute atomic E-state index is 12.5. The number of cyclic esters (lactones) is 1. The SMILES string of the molecule is O=C(N[C@@H]1C(=O)O[C@@H]1Cc1ccc(Cl)cc1)c1cccc2c1OS(=O)O2. The van der Waals surface area contributed by atoms with Gasteiger partial charge in [-0.25, -0.2) is 4.79 Å². The highest BCUT2D eigenvalue weighted by Crippen LogP contribution is 2.37. The summed E-state index contributed by atoms with van der Waals surface area (Å²) in [7, 11) is 0. The molecule has 3 atom stereocenters. The molecule has 0 aliphatic carbocycles. The van der Waals surface area contributed by atoms with Gasteiger partial charge in [-0.2, -0.15) is 4.21 Å². The molecule has 2 heterocycles. The van der Waals surface area contributed by atoms with Gasteiger partial charge < -0.3 is 18.4 Å². The number of halogens is 1. The van der Waals surface area contributed by atoms with Gasteiger partial charge in [-0.1, -0.05) is 29.8 Å². The van der Waals surface area contributed by atoms with Crippen molar-refractivity contribution >= 4 is 34.8 Å². The van der Waals surface area contributed by atoms with E-state index in [1.54, 1.807) is 18.2 Å². The van der Waals surface area contributed by atoms with E-state index >= 15 is 0 Å². The van der Waals surface area contributed by atoms with E-state index in [4.69, 9.17) is 24.7 Å². The Bertz CT molecular complexity index is 916. The molecule has 1 amide bonds. The van der Waals surface area contributed by atoms with Crippen LogP contribution >= 0.6 is 11.6 Å². The molecule has 1 unspecified atom stereocenters. The van der Waals surface area contributed by atoms with Crippen molar-refractivity contribution in [1.82, 2.24) is 5.32 Å². The van der Waals surface area contributed by atoms with Crippen LogP contribution < -0.4 is 13.7 Å². The van der Waals surface area contributed by atoms with Gasteiger partial charge in [-0.15, -0.1) is 0 Å². The van der Waals surface area contributed by atoms with Crippen molar-refractivity contribution in [2.45, 2.75) is 18.6 Å². The monoisotopic (exact) mass is 393 g/mol. The fourth-order valence-corrected chi connectivity index (χ4v) is 3.50. The molecule has 2 aliphatic heterocycles. The first-order valence-electron chi connectivity index (χ1n) is 7.68. The second kappa shape index (κ2) is 6.62. The predicted octanol–water partition coefficient (Wildman–Crippen LogP) is 1.96. The molecule has 2 aromatic rings. The fourth-order valence-electron chi connectivity index (χ4n) is 2.76. The molecule has 1 fully saturated rings. The quantitative estimate of drug-likeness (QED) is 0.798. The summed E-state index contributed by atoms with van der Waals surface area (Å²) in [5.41, 5.74) is 1.07. The Morgan fingerprint density at radius 1 is 1.15 bits per heavy atom. The summed E-state index contributed by atoms with van der Waals surface area (Å²) < 4.78 is 26.4. The zero-order valence-electron chi connectivity index (χ0n) is 13.1. The third-order valence-corrected chi connectivity index (χ3v) is 4.93. The Hall–Kier alpha value is -2.58. The number of benzene rings is 2. The van der Waals surface area contributed by atoms with Crippen molar-refractivity contribution < 1.29 is 26.9 Å². The van der Waals surface area contributed by atoms with Crippen molar-refractivity contribution in [3.05, 3.63) is 58.6 Å². The smallest absolute Gasteiger partial charge is 0.418 e. The molecule has 4 rings (SSSR count). The number of esters is 1. The molecule has 0 saturated carbocycles. The van der Waals surface area contributed by atoms with Gasteiger partial charge in [0.05, 0.1) is 5.56 Å². The normalized spacial score (nSPS) is 23.1. The van der Waals surface area contributed by atoms with Crippen LogP contribution in [0.3, 0.4) is 0 Å². The van der Waals surface area contributed by atoms with E-state index in [9.17, 15) is 13.8 Å². The number of nitrogens with one attached hydrogen (secondary N) is 1. The van der Waals surface area contributed by atoms with Crippen LogP contribution in [0.2, 0.25) is 5.02 Å². The number of hydrogen-bond acceptors (Lipinski definition) is 6. The highest BCUT2D eigenvalue weighted by atomic mass is 35.5. The molecule has 0 bridgehead atoms. The minimum Gasteiger partial charge on any atom is -0.458 e. The van der Waals surface area contributed by atoms with E-state index in [0.717, 1.165) is 5.56 Å². The Labute approximate surface area is 156 Å². The predicted molar refractivity (Wildman–Crippen MR) is 92.1 cm³/mol. The van der Waals surface area contributed by atoms with E-state index in [1.165, 1.54) is 12.1 Å². The molecular weight excluding hydrogens is 382 g/mol. The van der Waals surface area contributed by atoms with Crippen molar-refractivity contribution in [2.24, 2.45) is 0 Å². The lowest BCUT2D eigenvalue weighted by molar-refractivity contribution is -0.175. The maximum atomic E-state index is 12.5. The lowest BCUT2D eigenvalue weighted by Crippen LogP contribution is -2.60. The highest BCUT2D eigenvalue weighted by molar-refractivity contribution is 7.76. The van der Waals surface area contributed by atoms with E-state index < -0.39 is 35.4 Å². The summed E-state index contributed by atoms with van der Waals surface area (Å²) in [4.78, 5) is 24.3. The molecule has 1 N–H and O–H groups in total. The molecule has 2 aromatic carbocycles. The zero-order valence-corrected chi connectivity index (χ0v) is 14.7. The summed E-state index contributed by atoms with van der Waals surface area (Å²) in [6.45, 7) is 0. The number of fused-ring (bicyclic) bond motifs is 1. The molecule has 1 saturated heterocycles. The van der Waals surface area contributed by atoms with Crippen LogP contribution in [0, 0.1) is 0 Å². The summed E-state index contributed by atoms with van der Waals surface area (Å²) in [6.07, 6.45) is -0.0274. The van der Waals surface area contributed by atoms with E-state index in [1.807, 2.05) is 12.1 Å². The zero-order chi connectivity index (χ0) is 18.3. The number of rotatable bonds is 4. The van der Waals surface area contributed by atoms with Gasteiger partial charge in [0, 0.05) is 11.4 Å². The number of carbonyl (C=O) groups is 2. The van der Waals surface area contributed by atoms with E-state index in [0.29, 0.717) is 11.4 Å². The molecule has 7 nitrogen and oxygen atoms in total. The highest BCUT2D eigenvalue weighted by Gasteiger charge is 2.44. The minimum absolute atomic E-state index is 0.0882. The minimum atomic E-state index is -1.97. The summed E-state index contributed by atoms with van der Waals surface area (Å²) in [5, 5.41) is 3.25. The fraction of sp³-hybridized carbons (Fsp3) is 0.176. The van der Waals surface area contributed by atoms with Crippen molar-refractivity contribution in [2.75, 3.05) is 0 Å². The van der Waals surface area contributed by atoms with Gasteiger partial charge in [0.1, 0.15) is 6.10 Å². The molecule has 134 valence electrons. The molecule has 9 heteroatoms. The van der Waals surface area contributed by atoms with Crippen molar-refractivity contribution in [3.63, 3.8) is 0 Å². The van der Waals surface area contributed by atoms with Gasteiger partial charge in [-0.05, 0) is 29.8 Å². The first kappa shape index (κ1) is 16.9. The summed E-state index contributed by atoms with van der Waals surface area (Å²) >= 11 is 3.88. The topological polar surface area (TPSA) is 90.9 Å². The lowest BCUT2D eigenvalue weighted by atomic mass is 9.97. The second-order valence-corrected chi connectivity index (χ2v) is 6.94. The molecule has 0 radical (unpaired) electrons. The number of hydrogen-bond donors (Lipinski definition) is 1. The van der Waals surface area contributed by atoms with Gasteiger partial charge in [-0.3, -0.25) is 4.79 Å². The first-order valence-corrected chi connectivity index (χ1v) is 9.06. The third kappa shape index (κ3) is 3.13. The molecular formula is C17H12ClNO6S. The number of para-hydroxylation sites is 1. The average molecular weight is 394 g/mol. The first-order chi connectivity index (χ1) is 12.5. The average Bonchev–Trinajstić information content (AvgIpc) is 3.01. The van der Waals surface area contributed by atoms with Crippen LogP contribution in [-0.4, -0.2) is 28.2 Å². The molecule has 26 heavy (non-hydrogen) atoms. The lowest BCUT2D eigenvalue weighted by Gasteiger charge is -2.35. The Morgan fingerprint density at radius 3 is 2.65 bits per heavy atom. The standard InChI is InChI=1S/C17H12ClNO6S/c18-10-6-4-9(5-7-10)8-13-14(17(21)23-13)19-16(20)11-2-1-3-12-15(11)25-26(22)24-12/h1-7,13-14H,8H2,(H,19,20)/t13-,14+,26?/m1/s1. The number of ether oxygens (including phenoxy) is 1. The van der Waals surface area contributed by atoms with Crippen LogP contribution in [0.4, 0.5) is 0 Å². The second-order valence-electron chi connectivity index (χ2n) is 5.76. The van der Waals surface area contributed by atoms with Crippen LogP contribution in [0.1, 0.15) is 15.9 Å². The summed E-state index contributed by atoms with van der Waals surface area (Å²) in [5.74, 6) is -0.743. The van der Waals surface area contributed by atoms with Crippen LogP contribution in [0.5, 0.6) is 11.5 Å². The van der Waals surface area contributed by atoms with Gasteiger partial charge >= 0.3 is 17.3 Å². The maximum Gasteiger partial charge on any atom is 0.418 e. The van der Waals surface area contributed by atoms with Gasteiger partial charge in [0.15, 0.2) is 17.5 Å². The molecule has 0 aromatic heterocycles. The number of amides is 1. The van der Waals surface area contributed by atoms with Crippen LogP contribution in [0.15, 0.2) is 42.5 Å². The Balaban J connectivity index is 1.47.